The summed E-state index contributed by atoms with van der Waals surface area (Å²) in [7, 11) is 6.17. The van der Waals surface area contributed by atoms with Crippen LogP contribution in [0.1, 0.15) is 32.1 Å². The summed E-state index contributed by atoms with van der Waals surface area (Å²) in [6.45, 7) is 1.66. The molecule has 19 heavy (non-hydrogen) atoms. The van der Waals surface area contributed by atoms with Crippen LogP contribution < -0.4 is 5.32 Å². The van der Waals surface area contributed by atoms with Gasteiger partial charge in [0.25, 0.3) is 0 Å². The van der Waals surface area contributed by atoms with Crippen LogP contribution in [0.25, 0.3) is 0 Å². The van der Waals surface area contributed by atoms with Crippen molar-refractivity contribution in [1.82, 2.24) is 15.1 Å². The zero-order valence-corrected chi connectivity index (χ0v) is 13.3. The molecule has 2 amide bonds. The summed E-state index contributed by atoms with van der Waals surface area (Å²) in [5, 5.41) is 3.71. The van der Waals surface area contributed by atoms with Gasteiger partial charge in [0.15, 0.2) is 0 Å². The van der Waals surface area contributed by atoms with E-state index in [2.05, 4.69) is 24.3 Å². The third-order valence-electron chi connectivity index (χ3n) is 4.62. The van der Waals surface area contributed by atoms with Crippen molar-refractivity contribution < 1.29 is 4.79 Å². The van der Waals surface area contributed by atoms with Crippen molar-refractivity contribution in [2.24, 2.45) is 0 Å². The molecule has 2 aliphatic rings. The predicted molar refractivity (Wildman–Crippen MR) is 81.8 cm³/mol. The summed E-state index contributed by atoms with van der Waals surface area (Å²) < 4.78 is 0. The molecule has 0 spiro atoms. The Morgan fingerprint density at radius 1 is 1.32 bits per heavy atom. The van der Waals surface area contributed by atoms with Crippen molar-refractivity contribution >= 4 is 17.8 Å². The lowest BCUT2D eigenvalue weighted by Gasteiger charge is -2.49. The summed E-state index contributed by atoms with van der Waals surface area (Å²) in [5.41, 5.74) is 0.216. The van der Waals surface area contributed by atoms with Gasteiger partial charge in [-0.3, -0.25) is 0 Å². The summed E-state index contributed by atoms with van der Waals surface area (Å²) in [6.07, 6.45) is 6.24. The Labute approximate surface area is 121 Å². The first-order valence-electron chi connectivity index (χ1n) is 7.31. The monoisotopic (exact) mass is 285 g/mol. The third kappa shape index (κ3) is 3.57. The maximum atomic E-state index is 12.1. The zero-order chi connectivity index (χ0) is 13.9. The summed E-state index contributed by atoms with van der Waals surface area (Å²) >= 11 is 1.99. The molecule has 2 fully saturated rings. The minimum absolute atomic E-state index is 0.0839. The molecule has 5 heteroatoms. The first-order valence-corrected chi connectivity index (χ1v) is 8.36. The first kappa shape index (κ1) is 15.0. The van der Waals surface area contributed by atoms with Crippen LogP contribution in [0.5, 0.6) is 0 Å². The van der Waals surface area contributed by atoms with Crippen LogP contribution in [-0.2, 0) is 0 Å². The van der Waals surface area contributed by atoms with E-state index in [0.717, 1.165) is 13.1 Å². The number of carbonyl (C=O) groups excluding carboxylic acids is 1. The van der Waals surface area contributed by atoms with Crippen LogP contribution in [-0.4, -0.2) is 66.6 Å². The van der Waals surface area contributed by atoms with Gasteiger partial charge in [0.2, 0.25) is 0 Å². The Kier molecular flexibility index (Phi) is 5.01. The molecular formula is C14H27N3OS. The second-order valence-electron chi connectivity index (χ2n) is 6.15. The fourth-order valence-electron chi connectivity index (χ4n) is 2.99. The quantitative estimate of drug-likeness (QED) is 0.839. The lowest BCUT2D eigenvalue weighted by Crippen LogP contribution is -2.58. The second-order valence-corrected chi connectivity index (χ2v) is 7.56. The highest BCUT2D eigenvalue weighted by Gasteiger charge is 2.40. The highest BCUT2D eigenvalue weighted by atomic mass is 32.2. The van der Waals surface area contributed by atoms with Gasteiger partial charge >= 0.3 is 6.03 Å². The number of hydrogen-bond acceptors (Lipinski definition) is 3. The Hall–Kier alpha value is -0.420. The first-order chi connectivity index (χ1) is 9.03. The van der Waals surface area contributed by atoms with E-state index in [1.54, 1.807) is 0 Å². The Morgan fingerprint density at radius 3 is 2.53 bits per heavy atom. The molecular weight excluding hydrogens is 258 g/mol. The normalized spacial score (nSPS) is 25.2. The number of rotatable bonds is 5. The molecule has 0 aromatic heterocycles. The average Bonchev–Trinajstić information content (AvgIpc) is 2.82. The fraction of sp³-hybridized carbons (Fsp3) is 0.929. The van der Waals surface area contributed by atoms with Crippen LogP contribution in [0.2, 0.25) is 0 Å². The maximum Gasteiger partial charge on any atom is 0.317 e. The van der Waals surface area contributed by atoms with E-state index in [1.807, 2.05) is 23.7 Å². The smallest absolute Gasteiger partial charge is 0.317 e. The molecule has 4 nitrogen and oxygen atoms in total. The van der Waals surface area contributed by atoms with E-state index in [9.17, 15) is 4.79 Å². The van der Waals surface area contributed by atoms with Gasteiger partial charge in [-0.25, -0.2) is 4.79 Å². The number of carbonyl (C=O) groups is 1. The van der Waals surface area contributed by atoms with Crippen molar-refractivity contribution in [3.8, 4) is 0 Å². The van der Waals surface area contributed by atoms with Gasteiger partial charge in [-0.2, -0.15) is 11.8 Å². The Balaban J connectivity index is 1.75. The van der Waals surface area contributed by atoms with Crippen LogP contribution >= 0.6 is 11.8 Å². The van der Waals surface area contributed by atoms with Gasteiger partial charge in [-0.1, -0.05) is 0 Å². The Bertz CT molecular complexity index is 312. The fourth-order valence-corrected chi connectivity index (χ4v) is 4.19. The van der Waals surface area contributed by atoms with Gasteiger partial charge in [0.05, 0.1) is 0 Å². The zero-order valence-electron chi connectivity index (χ0n) is 12.4. The van der Waals surface area contributed by atoms with Crippen molar-refractivity contribution in [2.45, 2.75) is 42.9 Å². The van der Waals surface area contributed by atoms with Crippen LogP contribution in [0, 0.1) is 0 Å². The lowest BCUT2D eigenvalue weighted by molar-refractivity contribution is 0.0364. The molecule has 1 aliphatic carbocycles. The summed E-state index contributed by atoms with van der Waals surface area (Å²) in [6, 6.07) is 0.0839. The maximum absolute atomic E-state index is 12.1. The van der Waals surface area contributed by atoms with Crippen molar-refractivity contribution in [3.63, 3.8) is 0 Å². The molecule has 0 radical (unpaired) electrons. The van der Waals surface area contributed by atoms with Crippen LogP contribution in [0.15, 0.2) is 0 Å². The molecule has 1 heterocycles. The van der Waals surface area contributed by atoms with Crippen molar-refractivity contribution in [3.05, 3.63) is 0 Å². The minimum Gasteiger partial charge on any atom is -0.337 e. The molecule has 0 aromatic carbocycles. The van der Waals surface area contributed by atoms with Crippen molar-refractivity contribution in [2.75, 3.05) is 40.0 Å². The van der Waals surface area contributed by atoms with E-state index in [-0.39, 0.29) is 11.6 Å². The second kappa shape index (κ2) is 6.35. The van der Waals surface area contributed by atoms with Crippen molar-refractivity contribution in [1.29, 1.82) is 0 Å². The SMILES string of the molecule is CN(CC1(N(C)C)CCC1)C(=O)NC[C@@H]1CCCS1. The number of nitrogens with one attached hydrogen (secondary N) is 1. The number of likely N-dealkylation sites (N-methyl/N-ethyl adjacent to an activating group) is 2. The molecule has 0 aromatic rings. The van der Waals surface area contributed by atoms with Gasteiger partial charge in [-0.15, -0.1) is 0 Å². The highest BCUT2D eigenvalue weighted by Crippen LogP contribution is 2.36. The molecule has 1 aliphatic heterocycles. The van der Waals surface area contributed by atoms with Gasteiger partial charge < -0.3 is 15.1 Å². The van der Waals surface area contributed by atoms with E-state index in [0.29, 0.717) is 5.25 Å². The number of amides is 2. The van der Waals surface area contributed by atoms with E-state index in [4.69, 9.17) is 0 Å². The highest BCUT2D eigenvalue weighted by molar-refractivity contribution is 8.00. The topological polar surface area (TPSA) is 35.6 Å². The summed E-state index contributed by atoms with van der Waals surface area (Å²) in [5.74, 6) is 1.25. The molecule has 1 N–H and O–H groups in total. The molecule has 1 saturated carbocycles. The molecule has 0 unspecified atom stereocenters. The number of thioether (sulfide) groups is 1. The molecule has 1 atom stereocenters. The van der Waals surface area contributed by atoms with Gasteiger partial charge in [0.1, 0.15) is 0 Å². The van der Waals surface area contributed by atoms with Crippen LogP contribution in [0.3, 0.4) is 0 Å². The average molecular weight is 285 g/mol. The third-order valence-corrected chi connectivity index (χ3v) is 6.01. The predicted octanol–water partition coefficient (Wildman–Crippen LogP) is 2.01. The lowest BCUT2D eigenvalue weighted by atomic mass is 9.75. The largest absolute Gasteiger partial charge is 0.337 e. The Morgan fingerprint density at radius 2 is 2.05 bits per heavy atom. The molecule has 2 rings (SSSR count). The van der Waals surface area contributed by atoms with Gasteiger partial charge in [-0.05, 0) is 52.0 Å². The molecule has 0 bridgehead atoms. The van der Waals surface area contributed by atoms with Gasteiger partial charge in [0, 0.05) is 30.9 Å². The molecule has 110 valence electrons. The van der Waals surface area contributed by atoms with E-state index in [1.165, 1.54) is 37.9 Å². The number of urea groups is 1. The summed E-state index contributed by atoms with van der Waals surface area (Å²) in [4.78, 5) is 16.3. The van der Waals surface area contributed by atoms with E-state index < -0.39 is 0 Å². The molecule has 1 saturated heterocycles. The standard InChI is InChI=1S/C14H27N3OS/c1-16(2)14(7-5-8-14)11-17(3)13(18)15-10-12-6-4-9-19-12/h12H,4-11H2,1-3H3,(H,15,18)/t12-/m0/s1. The number of nitrogens with zero attached hydrogens (tertiary/aromatic N) is 2. The van der Waals surface area contributed by atoms with E-state index >= 15 is 0 Å². The minimum atomic E-state index is 0.0839. The number of hydrogen-bond donors (Lipinski definition) is 1. The van der Waals surface area contributed by atoms with Crippen LogP contribution in [0.4, 0.5) is 4.79 Å².